The Hall–Kier alpha value is -2.67. The van der Waals surface area contributed by atoms with E-state index in [9.17, 15) is 36.3 Å². The molecule has 6 atom stereocenters. The standard InChI is InChI=1S/C28H31ClF3N3O5S/c1-14-7-16-9-18(12-19(14)28(16,38)13-34-27(37)23-3-2-6-33-23)41(39,40)24-8-15(4-5-20(24)29)26(36)35-17-10-21(30)25(32)22(31)11-17/h4-5,8,10-11,14,16,18-19,23,33,38H,2-3,6-7,9,12-13H2,1H3,(H,34,37)(H,35,36)/t14-,16?,18+,19+,23-,28+/m0/s1. The molecule has 0 spiro atoms. The van der Waals surface area contributed by atoms with Gasteiger partial charge in [-0.25, -0.2) is 21.6 Å². The maximum atomic E-state index is 13.8. The zero-order valence-corrected chi connectivity index (χ0v) is 23.8. The van der Waals surface area contributed by atoms with Gasteiger partial charge in [-0.15, -0.1) is 0 Å². The molecule has 8 nitrogen and oxygen atoms in total. The van der Waals surface area contributed by atoms with Crippen LogP contribution in [0.4, 0.5) is 18.9 Å². The van der Waals surface area contributed by atoms with Gasteiger partial charge in [-0.2, -0.15) is 0 Å². The normalized spacial score (nSPS) is 29.4. The van der Waals surface area contributed by atoms with Gasteiger partial charge >= 0.3 is 0 Å². The van der Waals surface area contributed by atoms with Crippen molar-refractivity contribution in [2.75, 3.05) is 18.4 Å². The van der Waals surface area contributed by atoms with Crippen LogP contribution >= 0.6 is 11.6 Å². The first-order valence-corrected chi connectivity index (χ1v) is 15.5. The second-order valence-corrected chi connectivity index (χ2v) is 14.0. The van der Waals surface area contributed by atoms with E-state index in [2.05, 4.69) is 16.0 Å². The maximum Gasteiger partial charge on any atom is 0.255 e. The van der Waals surface area contributed by atoms with Gasteiger partial charge in [0.15, 0.2) is 27.3 Å². The molecular formula is C28H31ClF3N3O5S. The molecule has 13 heteroatoms. The molecule has 222 valence electrons. The van der Waals surface area contributed by atoms with E-state index in [0.29, 0.717) is 18.6 Å². The predicted molar refractivity (Wildman–Crippen MR) is 146 cm³/mol. The van der Waals surface area contributed by atoms with Gasteiger partial charge in [0.2, 0.25) is 5.91 Å². The number of benzene rings is 2. The molecule has 3 aliphatic rings. The zero-order chi connectivity index (χ0) is 29.7. The van der Waals surface area contributed by atoms with Gasteiger partial charge in [0.1, 0.15) is 0 Å². The van der Waals surface area contributed by atoms with Crippen LogP contribution < -0.4 is 16.0 Å². The van der Waals surface area contributed by atoms with E-state index in [1.807, 2.05) is 6.92 Å². The summed E-state index contributed by atoms with van der Waals surface area (Å²) in [5.74, 6) is -6.44. The van der Waals surface area contributed by atoms with Crippen LogP contribution in [0.1, 0.15) is 49.4 Å². The molecule has 2 bridgehead atoms. The highest BCUT2D eigenvalue weighted by molar-refractivity contribution is 7.92. The fourth-order valence-corrected chi connectivity index (χ4v) is 9.08. The van der Waals surface area contributed by atoms with Crippen LogP contribution in [0.3, 0.4) is 0 Å². The summed E-state index contributed by atoms with van der Waals surface area (Å²) in [6.07, 6.45) is 2.53. The van der Waals surface area contributed by atoms with E-state index in [1.54, 1.807) is 0 Å². The molecule has 1 saturated heterocycles. The lowest BCUT2D eigenvalue weighted by Gasteiger charge is -2.43. The SMILES string of the molecule is C[C@H]1CC2C[C@@H](S(=O)(=O)c3cc(C(=O)Nc4cc(F)c(F)c(F)c4)ccc3Cl)C[C@H]1[C@@]2(O)CNC(=O)[C@@H]1CCCN1. The quantitative estimate of drug-likeness (QED) is 0.352. The number of fused-ring (bicyclic) bond motifs is 2. The second-order valence-electron chi connectivity index (χ2n) is 11.4. The Bertz CT molecular complexity index is 1460. The number of nitrogens with one attached hydrogen (secondary N) is 3. The fourth-order valence-electron chi connectivity index (χ4n) is 6.71. The number of hydrogen-bond acceptors (Lipinski definition) is 6. The maximum absolute atomic E-state index is 13.8. The number of halogens is 4. The lowest BCUT2D eigenvalue weighted by Crippen LogP contribution is -2.56. The summed E-state index contributed by atoms with van der Waals surface area (Å²) >= 11 is 6.29. The summed E-state index contributed by atoms with van der Waals surface area (Å²) in [7, 11) is -4.07. The first-order valence-electron chi connectivity index (χ1n) is 13.5. The molecule has 2 aromatic rings. The molecule has 1 aliphatic heterocycles. The van der Waals surface area contributed by atoms with Crippen LogP contribution in [0.15, 0.2) is 35.2 Å². The molecular weight excluding hydrogens is 583 g/mol. The number of aliphatic hydroxyl groups is 1. The molecule has 1 unspecified atom stereocenters. The van der Waals surface area contributed by atoms with E-state index in [1.165, 1.54) is 12.1 Å². The number of sulfone groups is 1. The Morgan fingerprint density at radius 3 is 2.46 bits per heavy atom. The third-order valence-electron chi connectivity index (χ3n) is 8.86. The Morgan fingerprint density at radius 2 is 1.83 bits per heavy atom. The van der Waals surface area contributed by atoms with Crippen molar-refractivity contribution in [3.05, 3.63) is 58.4 Å². The summed E-state index contributed by atoms with van der Waals surface area (Å²) in [4.78, 5) is 25.1. The Balaban J connectivity index is 1.33. The Labute approximate surface area is 241 Å². The van der Waals surface area contributed by atoms with Gasteiger partial charge in [0, 0.05) is 29.9 Å². The van der Waals surface area contributed by atoms with Crippen molar-refractivity contribution in [2.45, 2.75) is 60.8 Å². The van der Waals surface area contributed by atoms with E-state index in [0.717, 1.165) is 25.5 Å². The topological polar surface area (TPSA) is 125 Å². The summed E-state index contributed by atoms with van der Waals surface area (Å²) < 4.78 is 68.1. The lowest BCUT2D eigenvalue weighted by atomic mass is 9.73. The van der Waals surface area contributed by atoms with E-state index < -0.39 is 44.0 Å². The summed E-state index contributed by atoms with van der Waals surface area (Å²) in [5, 5.41) is 18.9. The number of hydrogen-bond donors (Lipinski definition) is 4. The minimum Gasteiger partial charge on any atom is -0.387 e. The van der Waals surface area contributed by atoms with E-state index >= 15 is 0 Å². The first-order chi connectivity index (χ1) is 19.3. The molecule has 3 fully saturated rings. The van der Waals surface area contributed by atoms with Crippen molar-refractivity contribution in [3.8, 4) is 0 Å². The van der Waals surface area contributed by atoms with E-state index in [4.69, 9.17) is 11.6 Å². The van der Waals surface area contributed by atoms with Crippen LogP contribution in [0, 0.1) is 35.2 Å². The molecule has 0 radical (unpaired) electrons. The fraction of sp³-hybridized carbons (Fsp3) is 0.500. The Kier molecular flexibility index (Phi) is 8.14. The van der Waals surface area contributed by atoms with Gasteiger partial charge in [-0.1, -0.05) is 18.5 Å². The molecule has 2 aliphatic carbocycles. The number of amides is 2. The molecule has 0 aromatic heterocycles. The van der Waals surface area contributed by atoms with Crippen molar-refractivity contribution in [3.63, 3.8) is 0 Å². The lowest BCUT2D eigenvalue weighted by molar-refractivity contribution is -0.126. The van der Waals surface area contributed by atoms with Gasteiger partial charge in [0.25, 0.3) is 5.91 Å². The molecule has 2 aromatic carbocycles. The van der Waals surface area contributed by atoms with Crippen LogP contribution in [-0.4, -0.2) is 55.3 Å². The van der Waals surface area contributed by atoms with Crippen molar-refractivity contribution in [2.24, 2.45) is 17.8 Å². The summed E-state index contributed by atoms with van der Waals surface area (Å²) in [6, 6.07) is 4.54. The van der Waals surface area contributed by atoms with Crippen molar-refractivity contribution in [1.29, 1.82) is 0 Å². The molecule has 4 N–H and O–H groups in total. The predicted octanol–water partition coefficient (Wildman–Crippen LogP) is 3.82. The largest absolute Gasteiger partial charge is 0.387 e. The van der Waals surface area contributed by atoms with Crippen molar-refractivity contribution < 1.29 is 36.3 Å². The van der Waals surface area contributed by atoms with Crippen LogP contribution in [0.5, 0.6) is 0 Å². The highest BCUT2D eigenvalue weighted by Crippen LogP contribution is 2.54. The van der Waals surface area contributed by atoms with Crippen LogP contribution in [0.25, 0.3) is 0 Å². The monoisotopic (exact) mass is 613 g/mol. The van der Waals surface area contributed by atoms with Crippen LogP contribution in [0.2, 0.25) is 5.02 Å². The molecule has 41 heavy (non-hydrogen) atoms. The van der Waals surface area contributed by atoms with Crippen molar-refractivity contribution in [1.82, 2.24) is 10.6 Å². The number of carbonyl (C=O) groups is 2. The van der Waals surface area contributed by atoms with Crippen LogP contribution in [-0.2, 0) is 14.6 Å². The number of carbonyl (C=O) groups excluding carboxylic acids is 2. The molecule has 2 amide bonds. The minimum absolute atomic E-state index is 0.0239. The Morgan fingerprint density at radius 1 is 1.12 bits per heavy atom. The molecule has 2 saturated carbocycles. The third kappa shape index (κ3) is 5.59. The minimum atomic E-state index is -4.07. The molecule has 5 rings (SSSR count). The highest BCUT2D eigenvalue weighted by atomic mass is 35.5. The van der Waals surface area contributed by atoms with Gasteiger partial charge in [-0.3, -0.25) is 9.59 Å². The summed E-state index contributed by atoms with van der Waals surface area (Å²) in [5.41, 5.74) is -1.73. The van der Waals surface area contributed by atoms with Gasteiger partial charge < -0.3 is 21.1 Å². The molecule has 1 heterocycles. The van der Waals surface area contributed by atoms with Gasteiger partial charge in [-0.05, 0) is 74.6 Å². The van der Waals surface area contributed by atoms with Gasteiger partial charge in [0.05, 0.1) is 26.8 Å². The summed E-state index contributed by atoms with van der Waals surface area (Å²) in [6.45, 7) is 2.76. The smallest absolute Gasteiger partial charge is 0.255 e. The zero-order valence-electron chi connectivity index (χ0n) is 22.2. The number of anilines is 1. The van der Waals surface area contributed by atoms with E-state index in [-0.39, 0.29) is 70.3 Å². The third-order valence-corrected chi connectivity index (χ3v) is 11.5. The first kappa shape index (κ1) is 29.8. The highest BCUT2D eigenvalue weighted by Gasteiger charge is 2.58. The average Bonchev–Trinajstić information content (AvgIpc) is 3.48. The average molecular weight is 614 g/mol. The number of rotatable bonds is 7. The van der Waals surface area contributed by atoms with Crippen molar-refractivity contribution >= 4 is 38.9 Å². The second kappa shape index (κ2) is 11.2.